The Bertz CT molecular complexity index is 568. The van der Waals surface area contributed by atoms with E-state index in [9.17, 15) is 8.78 Å². The predicted molar refractivity (Wildman–Crippen MR) is 71.8 cm³/mol. The summed E-state index contributed by atoms with van der Waals surface area (Å²) in [6, 6.07) is 2.48. The Morgan fingerprint density at radius 3 is 2.83 bits per heavy atom. The van der Waals surface area contributed by atoms with E-state index in [1.165, 1.54) is 6.07 Å². The highest BCUT2D eigenvalue weighted by molar-refractivity contribution is 7.99. The van der Waals surface area contributed by atoms with Gasteiger partial charge in [-0.1, -0.05) is 6.92 Å². The van der Waals surface area contributed by atoms with Crippen LogP contribution in [0.1, 0.15) is 19.9 Å². The molecule has 0 aliphatic rings. The summed E-state index contributed by atoms with van der Waals surface area (Å²) < 4.78 is 28.7. The third kappa shape index (κ3) is 2.16. The molecule has 6 heteroatoms. The molecule has 1 aromatic carbocycles. The average molecular weight is 271 g/mol. The molecule has 0 bridgehead atoms. The van der Waals surface area contributed by atoms with Crippen LogP contribution in [-0.4, -0.2) is 21.1 Å². The fourth-order valence-corrected chi connectivity index (χ4v) is 2.68. The van der Waals surface area contributed by atoms with Gasteiger partial charge in [0.15, 0.2) is 11.6 Å². The van der Waals surface area contributed by atoms with Crippen molar-refractivity contribution < 1.29 is 8.78 Å². The molecule has 0 aliphatic carbocycles. The van der Waals surface area contributed by atoms with Gasteiger partial charge in [-0.25, -0.2) is 13.8 Å². The number of nitrogens with two attached hydrogens (primary N) is 1. The first-order chi connectivity index (χ1) is 8.56. The van der Waals surface area contributed by atoms with Gasteiger partial charge in [-0.05, 0) is 24.8 Å². The van der Waals surface area contributed by atoms with E-state index in [-0.39, 0.29) is 17.5 Å². The molecule has 1 aromatic heterocycles. The van der Waals surface area contributed by atoms with E-state index in [0.29, 0.717) is 5.52 Å². The van der Waals surface area contributed by atoms with E-state index >= 15 is 0 Å². The maximum atomic E-state index is 13.9. The number of hydrogen-bond acceptors (Lipinski definition) is 3. The Kier molecular flexibility index (Phi) is 3.75. The number of halogens is 2. The summed E-state index contributed by atoms with van der Waals surface area (Å²) >= 11 is 1.72. The Balaban J connectivity index is 2.55. The van der Waals surface area contributed by atoms with Crippen LogP contribution in [0.5, 0.6) is 0 Å². The third-order valence-corrected chi connectivity index (χ3v) is 3.90. The maximum absolute atomic E-state index is 13.9. The molecule has 18 heavy (non-hydrogen) atoms. The molecule has 1 unspecified atom stereocenters. The molecule has 0 spiro atoms. The lowest BCUT2D eigenvalue weighted by Gasteiger charge is -2.15. The quantitative estimate of drug-likeness (QED) is 0.928. The zero-order valence-corrected chi connectivity index (χ0v) is 11.1. The molecule has 0 amide bonds. The normalized spacial score (nSPS) is 13.1. The fourth-order valence-electron chi connectivity index (χ4n) is 1.95. The standard InChI is InChI=1S/C12H15F2N3S/c1-3-18-6-7(2)17-11-9(16-12(17)15)5-4-8(13)10(11)14/h4-5,7H,3,6H2,1-2H3,(H2,15,16). The number of hydrogen-bond donors (Lipinski definition) is 1. The number of thioether (sulfide) groups is 1. The van der Waals surface area contributed by atoms with E-state index < -0.39 is 11.6 Å². The molecule has 2 N–H and O–H groups in total. The first-order valence-electron chi connectivity index (χ1n) is 5.75. The number of benzene rings is 1. The molecule has 1 heterocycles. The maximum Gasteiger partial charge on any atom is 0.201 e. The summed E-state index contributed by atoms with van der Waals surface area (Å²) in [5.41, 5.74) is 6.34. The molecule has 0 aliphatic heterocycles. The third-order valence-electron chi connectivity index (χ3n) is 2.77. The Morgan fingerprint density at radius 2 is 2.17 bits per heavy atom. The molecular formula is C12H15F2N3S. The van der Waals surface area contributed by atoms with Crippen molar-refractivity contribution in [2.24, 2.45) is 0 Å². The molecule has 3 nitrogen and oxygen atoms in total. The van der Waals surface area contributed by atoms with Crippen molar-refractivity contribution in [1.29, 1.82) is 0 Å². The number of fused-ring (bicyclic) bond motifs is 1. The minimum Gasteiger partial charge on any atom is -0.369 e. The number of imidazole rings is 1. The van der Waals surface area contributed by atoms with E-state index in [1.54, 1.807) is 16.3 Å². The van der Waals surface area contributed by atoms with Crippen LogP contribution in [0.2, 0.25) is 0 Å². The summed E-state index contributed by atoms with van der Waals surface area (Å²) in [6.45, 7) is 3.97. The van der Waals surface area contributed by atoms with Gasteiger partial charge >= 0.3 is 0 Å². The van der Waals surface area contributed by atoms with Crippen LogP contribution in [0.15, 0.2) is 12.1 Å². The zero-order chi connectivity index (χ0) is 13.3. The second-order valence-electron chi connectivity index (χ2n) is 4.08. The van der Waals surface area contributed by atoms with Gasteiger partial charge in [0, 0.05) is 11.8 Å². The second-order valence-corrected chi connectivity index (χ2v) is 5.40. The van der Waals surface area contributed by atoms with Gasteiger partial charge in [0.2, 0.25) is 5.95 Å². The lowest BCUT2D eigenvalue weighted by molar-refractivity contribution is 0.508. The Morgan fingerprint density at radius 1 is 1.44 bits per heavy atom. The highest BCUT2D eigenvalue weighted by Gasteiger charge is 2.19. The average Bonchev–Trinajstić information content (AvgIpc) is 2.68. The Hall–Kier alpha value is -1.30. The van der Waals surface area contributed by atoms with E-state index in [4.69, 9.17) is 5.73 Å². The molecule has 1 atom stereocenters. The summed E-state index contributed by atoms with van der Waals surface area (Å²) in [5, 5.41) is 0. The Labute approximate surface area is 108 Å². The van der Waals surface area contributed by atoms with Crippen LogP contribution < -0.4 is 5.73 Å². The van der Waals surface area contributed by atoms with Crippen molar-refractivity contribution in [1.82, 2.24) is 9.55 Å². The monoisotopic (exact) mass is 271 g/mol. The van der Waals surface area contributed by atoms with Crippen LogP contribution in [0.3, 0.4) is 0 Å². The van der Waals surface area contributed by atoms with Crippen LogP contribution in [0, 0.1) is 11.6 Å². The van der Waals surface area contributed by atoms with Crippen molar-refractivity contribution in [3.05, 3.63) is 23.8 Å². The summed E-state index contributed by atoms with van der Waals surface area (Å²) in [4.78, 5) is 4.07. The minimum absolute atomic E-state index is 0.0312. The summed E-state index contributed by atoms with van der Waals surface area (Å²) in [7, 11) is 0. The minimum atomic E-state index is -0.884. The molecule has 2 aromatic rings. The predicted octanol–water partition coefficient (Wildman–Crippen LogP) is 3.21. The smallest absolute Gasteiger partial charge is 0.201 e. The number of anilines is 1. The molecule has 0 saturated heterocycles. The number of rotatable bonds is 4. The topological polar surface area (TPSA) is 43.8 Å². The number of aromatic nitrogens is 2. The zero-order valence-electron chi connectivity index (χ0n) is 10.3. The lowest BCUT2D eigenvalue weighted by Crippen LogP contribution is -2.12. The van der Waals surface area contributed by atoms with Crippen LogP contribution in [0.25, 0.3) is 11.0 Å². The molecule has 0 saturated carbocycles. The number of nitrogen functional groups attached to an aromatic ring is 1. The molecule has 0 fully saturated rings. The first kappa shape index (κ1) is 13.1. The molecule has 0 radical (unpaired) electrons. The SMILES string of the molecule is CCSCC(C)n1c(N)nc2ccc(F)c(F)c21. The number of nitrogens with zero attached hydrogens (tertiary/aromatic N) is 2. The highest BCUT2D eigenvalue weighted by Crippen LogP contribution is 2.28. The van der Waals surface area contributed by atoms with Gasteiger partial charge in [0.1, 0.15) is 5.52 Å². The van der Waals surface area contributed by atoms with E-state index in [0.717, 1.165) is 17.6 Å². The van der Waals surface area contributed by atoms with Crippen molar-refractivity contribution in [3.8, 4) is 0 Å². The van der Waals surface area contributed by atoms with Gasteiger partial charge in [-0.2, -0.15) is 11.8 Å². The second kappa shape index (κ2) is 5.14. The largest absolute Gasteiger partial charge is 0.369 e. The summed E-state index contributed by atoms with van der Waals surface area (Å²) in [5.74, 6) is 0.207. The lowest BCUT2D eigenvalue weighted by atomic mass is 10.2. The van der Waals surface area contributed by atoms with Crippen LogP contribution in [0.4, 0.5) is 14.7 Å². The van der Waals surface area contributed by atoms with Crippen molar-refractivity contribution >= 4 is 28.7 Å². The molecule has 2 rings (SSSR count). The highest BCUT2D eigenvalue weighted by atomic mass is 32.2. The summed E-state index contributed by atoms with van der Waals surface area (Å²) in [6.07, 6.45) is 0. The molecular weight excluding hydrogens is 256 g/mol. The van der Waals surface area contributed by atoms with Crippen LogP contribution >= 0.6 is 11.8 Å². The van der Waals surface area contributed by atoms with Crippen molar-refractivity contribution in [2.45, 2.75) is 19.9 Å². The van der Waals surface area contributed by atoms with Gasteiger partial charge < -0.3 is 10.3 Å². The molecule has 98 valence electrons. The van der Waals surface area contributed by atoms with Crippen molar-refractivity contribution in [3.63, 3.8) is 0 Å². The van der Waals surface area contributed by atoms with Crippen molar-refractivity contribution in [2.75, 3.05) is 17.2 Å². The fraction of sp³-hybridized carbons (Fsp3) is 0.417. The van der Waals surface area contributed by atoms with Gasteiger partial charge in [-0.3, -0.25) is 0 Å². The van der Waals surface area contributed by atoms with Gasteiger partial charge in [0.05, 0.1) is 5.52 Å². The van der Waals surface area contributed by atoms with E-state index in [1.807, 2.05) is 13.8 Å². The van der Waals surface area contributed by atoms with E-state index in [2.05, 4.69) is 4.98 Å². The van der Waals surface area contributed by atoms with Gasteiger partial charge in [-0.15, -0.1) is 0 Å². The van der Waals surface area contributed by atoms with Gasteiger partial charge in [0.25, 0.3) is 0 Å². The van der Waals surface area contributed by atoms with Crippen LogP contribution in [-0.2, 0) is 0 Å². The first-order valence-corrected chi connectivity index (χ1v) is 6.90.